The molecule has 2 aliphatic heterocycles. The molecular formula is C16H20N2O6S2. The van der Waals surface area contributed by atoms with Gasteiger partial charge in [0.1, 0.15) is 0 Å². The number of imide groups is 1. The SMILES string of the molecule is COc1ccc(S(=O)(=O)N2CCC(N3C(=O)CSC3=O)CC2)cc1OC. The minimum atomic E-state index is -3.69. The zero-order chi connectivity index (χ0) is 18.9. The van der Waals surface area contributed by atoms with E-state index >= 15 is 0 Å². The largest absolute Gasteiger partial charge is 0.493 e. The van der Waals surface area contributed by atoms with Crippen LogP contribution >= 0.6 is 11.8 Å². The monoisotopic (exact) mass is 400 g/mol. The fourth-order valence-electron chi connectivity index (χ4n) is 3.18. The van der Waals surface area contributed by atoms with E-state index in [1.165, 1.54) is 35.6 Å². The van der Waals surface area contributed by atoms with Crippen molar-refractivity contribution in [3.8, 4) is 11.5 Å². The molecule has 3 rings (SSSR count). The summed E-state index contributed by atoms with van der Waals surface area (Å²) in [6.45, 7) is 0.506. The van der Waals surface area contributed by atoms with Gasteiger partial charge in [-0.2, -0.15) is 4.31 Å². The fraction of sp³-hybridized carbons (Fsp3) is 0.500. The predicted octanol–water partition coefficient (Wildman–Crippen LogP) is 1.55. The second kappa shape index (κ2) is 7.45. The fourth-order valence-corrected chi connectivity index (χ4v) is 5.45. The van der Waals surface area contributed by atoms with Gasteiger partial charge in [0, 0.05) is 25.2 Å². The van der Waals surface area contributed by atoms with Crippen LogP contribution in [0.2, 0.25) is 0 Å². The second-order valence-corrected chi connectivity index (χ2v) is 8.83. The molecule has 0 saturated carbocycles. The number of rotatable bonds is 5. The summed E-state index contributed by atoms with van der Waals surface area (Å²) >= 11 is 0.998. The lowest BCUT2D eigenvalue weighted by Crippen LogP contribution is -2.48. The van der Waals surface area contributed by atoms with Crippen molar-refractivity contribution in [2.24, 2.45) is 0 Å². The van der Waals surface area contributed by atoms with Crippen molar-refractivity contribution in [1.29, 1.82) is 0 Å². The predicted molar refractivity (Wildman–Crippen MR) is 96.0 cm³/mol. The van der Waals surface area contributed by atoms with Crippen LogP contribution < -0.4 is 9.47 Å². The van der Waals surface area contributed by atoms with Crippen molar-refractivity contribution >= 4 is 32.9 Å². The van der Waals surface area contributed by atoms with Crippen molar-refractivity contribution in [3.05, 3.63) is 18.2 Å². The average Bonchev–Trinajstić information content (AvgIpc) is 2.99. The average molecular weight is 400 g/mol. The normalized spacial score (nSPS) is 19.8. The first-order valence-electron chi connectivity index (χ1n) is 8.09. The Balaban J connectivity index is 1.74. The van der Waals surface area contributed by atoms with E-state index in [-0.39, 0.29) is 40.9 Å². The van der Waals surface area contributed by atoms with Crippen LogP contribution in [0.3, 0.4) is 0 Å². The molecule has 0 aromatic heterocycles. The number of carbonyl (C=O) groups is 2. The van der Waals surface area contributed by atoms with Gasteiger partial charge in [-0.15, -0.1) is 0 Å². The Morgan fingerprint density at radius 3 is 2.27 bits per heavy atom. The molecule has 0 radical (unpaired) electrons. The first kappa shape index (κ1) is 19.0. The summed E-state index contributed by atoms with van der Waals surface area (Å²) in [6, 6.07) is 4.23. The molecule has 8 nitrogen and oxygen atoms in total. The molecule has 0 spiro atoms. The molecule has 2 heterocycles. The summed E-state index contributed by atoms with van der Waals surface area (Å²) in [5, 5.41) is -0.240. The second-order valence-electron chi connectivity index (χ2n) is 5.97. The smallest absolute Gasteiger partial charge is 0.289 e. The Hall–Kier alpha value is -1.78. The van der Waals surface area contributed by atoms with E-state index in [9.17, 15) is 18.0 Å². The highest BCUT2D eigenvalue weighted by atomic mass is 32.2. The lowest BCUT2D eigenvalue weighted by molar-refractivity contribution is -0.126. The number of piperidine rings is 1. The van der Waals surface area contributed by atoms with E-state index in [2.05, 4.69) is 0 Å². The lowest BCUT2D eigenvalue weighted by atomic mass is 10.1. The van der Waals surface area contributed by atoms with Crippen LogP contribution in [0.4, 0.5) is 4.79 Å². The van der Waals surface area contributed by atoms with Gasteiger partial charge in [0.2, 0.25) is 15.9 Å². The summed E-state index contributed by atoms with van der Waals surface area (Å²) < 4.78 is 37.5. The van der Waals surface area contributed by atoms with Crippen molar-refractivity contribution in [2.75, 3.05) is 33.1 Å². The van der Waals surface area contributed by atoms with Gasteiger partial charge in [0.05, 0.1) is 24.9 Å². The number of nitrogens with zero attached hydrogens (tertiary/aromatic N) is 2. The number of hydrogen-bond acceptors (Lipinski definition) is 7. The Labute approximate surface area is 156 Å². The van der Waals surface area contributed by atoms with Gasteiger partial charge in [-0.25, -0.2) is 8.42 Å². The highest BCUT2D eigenvalue weighted by Gasteiger charge is 2.39. The number of amides is 2. The topological polar surface area (TPSA) is 93.2 Å². The first-order chi connectivity index (χ1) is 12.4. The van der Waals surface area contributed by atoms with E-state index in [4.69, 9.17) is 9.47 Å². The summed E-state index contributed by atoms with van der Waals surface area (Å²) in [7, 11) is -0.761. The third kappa shape index (κ3) is 3.40. The minimum Gasteiger partial charge on any atom is -0.493 e. The Morgan fingerprint density at radius 2 is 1.73 bits per heavy atom. The van der Waals surface area contributed by atoms with E-state index in [0.29, 0.717) is 24.3 Å². The third-order valence-corrected chi connectivity index (χ3v) is 7.30. The van der Waals surface area contributed by atoms with Crippen molar-refractivity contribution in [3.63, 3.8) is 0 Å². The van der Waals surface area contributed by atoms with Crippen LogP contribution in [0.5, 0.6) is 11.5 Å². The van der Waals surface area contributed by atoms with E-state index in [1.54, 1.807) is 6.07 Å². The van der Waals surface area contributed by atoms with Gasteiger partial charge in [-0.3, -0.25) is 14.5 Å². The molecule has 1 aromatic rings. The number of hydrogen-bond donors (Lipinski definition) is 0. The first-order valence-corrected chi connectivity index (χ1v) is 10.5. The van der Waals surface area contributed by atoms with Crippen LogP contribution in [0.25, 0.3) is 0 Å². The Kier molecular flexibility index (Phi) is 5.44. The molecular weight excluding hydrogens is 380 g/mol. The maximum absolute atomic E-state index is 12.9. The third-order valence-electron chi connectivity index (χ3n) is 4.57. The molecule has 2 fully saturated rings. The van der Waals surface area contributed by atoms with Crippen LogP contribution in [-0.2, 0) is 14.8 Å². The summed E-state index contributed by atoms with van der Waals surface area (Å²) in [4.78, 5) is 25.1. The number of carbonyl (C=O) groups excluding carboxylic acids is 2. The maximum Gasteiger partial charge on any atom is 0.289 e. The zero-order valence-electron chi connectivity index (χ0n) is 14.5. The quantitative estimate of drug-likeness (QED) is 0.740. The zero-order valence-corrected chi connectivity index (χ0v) is 16.1. The minimum absolute atomic E-state index is 0.123. The molecule has 0 unspecified atom stereocenters. The van der Waals surface area contributed by atoms with Crippen molar-refractivity contribution in [1.82, 2.24) is 9.21 Å². The van der Waals surface area contributed by atoms with Crippen molar-refractivity contribution in [2.45, 2.75) is 23.8 Å². The molecule has 142 valence electrons. The van der Waals surface area contributed by atoms with Gasteiger partial charge < -0.3 is 9.47 Å². The summed E-state index contributed by atoms with van der Waals surface area (Å²) in [6.07, 6.45) is 0.870. The molecule has 0 bridgehead atoms. The van der Waals surface area contributed by atoms with Crippen LogP contribution in [0, 0.1) is 0 Å². The van der Waals surface area contributed by atoms with Gasteiger partial charge >= 0.3 is 0 Å². The molecule has 2 saturated heterocycles. The molecule has 26 heavy (non-hydrogen) atoms. The number of benzene rings is 1. The molecule has 0 atom stereocenters. The van der Waals surface area contributed by atoms with Crippen LogP contribution in [0.15, 0.2) is 23.1 Å². The highest BCUT2D eigenvalue weighted by molar-refractivity contribution is 8.14. The number of thioether (sulfide) groups is 1. The van der Waals surface area contributed by atoms with E-state index in [0.717, 1.165) is 11.8 Å². The molecule has 1 aromatic carbocycles. The Morgan fingerprint density at radius 1 is 1.08 bits per heavy atom. The maximum atomic E-state index is 12.9. The Bertz CT molecular complexity index is 802. The van der Waals surface area contributed by atoms with Crippen LogP contribution in [-0.4, -0.2) is 67.9 Å². The number of ether oxygens (including phenoxy) is 2. The van der Waals surface area contributed by atoms with E-state index in [1.807, 2.05) is 0 Å². The van der Waals surface area contributed by atoms with Gasteiger partial charge in [0.15, 0.2) is 11.5 Å². The lowest BCUT2D eigenvalue weighted by Gasteiger charge is -2.34. The molecule has 10 heteroatoms. The van der Waals surface area contributed by atoms with Gasteiger partial charge in [-0.1, -0.05) is 11.8 Å². The summed E-state index contributed by atoms with van der Waals surface area (Å²) in [5.74, 6) is 0.770. The molecule has 0 N–H and O–H groups in total. The van der Waals surface area contributed by atoms with Crippen LogP contribution in [0.1, 0.15) is 12.8 Å². The highest BCUT2D eigenvalue weighted by Crippen LogP contribution is 2.32. The van der Waals surface area contributed by atoms with E-state index < -0.39 is 10.0 Å². The standard InChI is InChI=1S/C16H20N2O6S2/c1-23-13-4-3-12(9-14(13)24-2)26(21,22)17-7-5-11(6-8-17)18-15(19)10-25-16(18)20/h3-4,9,11H,5-8,10H2,1-2H3. The van der Waals surface area contributed by atoms with Gasteiger partial charge in [-0.05, 0) is 25.0 Å². The molecule has 2 aliphatic rings. The van der Waals surface area contributed by atoms with Crippen molar-refractivity contribution < 1.29 is 27.5 Å². The van der Waals surface area contributed by atoms with Gasteiger partial charge in [0.25, 0.3) is 5.24 Å². The number of methoxy groups -OCH3 is 2. The molecule has 0 aliphatic carbocycles. The number of sulfonamides is 1. The summed E-state index contributed by atoms with van der Waals surface area (Å²) in [5.41, 5.74) is 0. The molecule has 2 amide bonds.